The second-order valence-corrected chi connectivity index (χ2v) is 6.16. The van der Waals surface area contributed by atoms with Gasteiger partial charge in [-0.2, -0.15) is 0 Å². The highest BCUT2D eigenvalue weighted by Gasteiger charge is 2.29. The lowest BCUT2D eigenvalue weighted by atomic mass is 9.99. The summed E-state index contributed by atoms with van der Waals surface area (Å²) >= 11 is 0. The molecule has 0 saturated carbocycles. The molecule has 0 radical (unpaired) electrons. The lowest BCUT2D eigenvalue weighted by Gasteiger charge is -2.25. The average molecular weight is 322 g/mol. The van der Waals surface area contributed by atoms with Gasteiger partial charge in [0.1, 0.15) is 5.82 Å². The van der Waals surface area contributed by atoms with Crippen LogP contribution in [0.5, 0.6) is 0 Å². The molecule has 2 N–H and O–H groups in total. The number of hydrogen-bond donors (Lipinski definition) is 2. The minimum Gasteiger partial charge on any atom is -0.381 e. The first kappa shape index (κ1) is 16.2. The van der Waals surface area contributed by atoms with Crippen molar-refractivity contribution >= 4 is 6.03 Å². The Morgan fingerprint density at radius 3 is 2.74 bits per heavy atom. The molecule has 1 aromatic carbocycles. The van der Waals surface area contributed by atoms with E-state index >= 15 is 0 Å². The van der Waals surface area contributed by atoms with Gasteiger partial charge in [0.15, 0.2) is 0 Å². The zero-order valence-electron chi connectivity index (χ0n) is 13.1. The van der Waals surface area contributed by atoms with Gasteiger partial charge in [0.2, 0.25) is 0 Å². The molecule has 0 aliphatic carbocycles. The molecule has 2 fully saturated rings. The maximum absolute atomic E-state index is 13.1. The first-order valence-electron chi connectivity index (χ1n) is 8.21. The third kappa shape index (κ3) is 4.42. The van der Waals surface area contributed by atoms with Gasteiger partial charge in [0, 0.05) is 25.7 Å². The Bertz CT molecular complexity index is 511. The Morgan fingerprint density at radius 1 is 1.26 bits per heavy atom. The van der Waals surface area contributed by atoms with E-state index in [9.17, 15) is 9.18 Å². The van der Waals surface area contributed by atoms with E-state index in [-0.39, 0.29) is 24.0 Å². The summed E-state index contributed by atoms with van der Waals surface area (Å²) in [7, 11) is 0. The van der Waals surface area contributed by atoms with Gasteiger partial charge < -0.3 is 20.1 Å². The molecule has 2 aliphatic heterocycles. The van der Waals surface area contributed by atoms with Gasteiger partial charge in [-0.05, 0) is 37.0 Å². The smallest absolute Gasteiger partial charge is 0.315 e. The van der Waals surface area contributed by atoms with Crippen LogP contribution in [0.2, 0.25) is 0 Å². The van der Waals surface area contributed by atoms with E-state index in [1.165, 1.54) is 12.1 Å². The Hall–Kier alpha value is -1.66. The van der Waals surface area contributed by atoms with Crippen LogP contribution in [-0.2, 0) is 9.47 Å². The average Bonchev–Trinajstić information content (AvgIpc) is 3.25. The molecule has 5 nitrogen and oxygen atoms in total. The van der Waals surface area contributed by atoms with Gasteiger partial charge in [0.05, 0.1) is 18.8 Å². The lowest BCUT2D eigenvalue weighted by molar-refractivity contribution is 0.0806. The van der Waals surface area contributed by atoms with Crippen LogP contribution in [0, 0.1) is 11.7 Å². The summed E-state index contributed by atoms with van der Waals surface area (Å²) in [5, 5.41) is 5.88. The summed E-state index contributed by atoms with van der Waals surface area (Å²) in [4.78, 5) is 12.2. The first-order chi connectivity index (χ1) is 11.2. The van der Waals surface area contributed by atoms with Crippen LogP contribution in [0.4, 0.5) is 9.18 Å². The zero-order valence-corrected chi connectivity index (χ0v) is 13.1. The highest BCUT2D eigenvalue weighted by atomic mass is 19.1. The summed E-state index contributed by atoms with van der Waals surface area (Å²) in [6.45, 7) is 2.77. The molecule has 6 heteroatoms. The van der Waals surface area contributed by atoms with Crippen molar-refractivity contribution in [3.8, 4) is 0 Å². The molecule has 0 spiro atoms. The second-order valence-electron chi connectivity index (χ2n) is 6.16. The van der Waals surface area contributed by atoms with Crippen molar-refractivity contribution in [1.29, 1.82) is 0 Å². The maximum Gasteiger partial charge on any atom is 0.315 e. The standard InChI is InChI=1S/C17H23FN2O3/c18-14-5-3-13(4-6-14)16(15-2-1-8-23-15)20-17(21)19-10-12-7-9-22-11-12/h3-6,12,15-16H,1-2,7-11H2,(H2,19,20,21)/t12-,15-,16+/m0/s1. The molecular weight excluding hydrogens is 299 g/mol. The number of benzene rings is 1. The van der Waals surface area contributed by atoms with Crippen LogP contribution in [0.3, 0.4) is 0 Å². The molecule has 0 unspecified atom stereocenters. The molecule has 2 heterocycles. The van der Waals surface area contributed by atoms with Crippen LogP contribution < -0.4 is 10.6 Å². The lowest BCUT2D eigenvalue weighted by Crippen LogP contribution is -2.43. The fraction of sp³-hybridized carbons (Fsp3) is 0.588. The van der Waals surface area contributed by atoms with E-state index < -0.39 is 0 Å². The third-order valence-corrected chi connectivity index (χ3v) is 4.43. The van der Waals surface area contributed by atoms with Gasteiger partial charge in [-0.1, -0.05) is 12.1 Å². The number of urea groups is 1. The molecule has 3 atom stereocenters. The maximum atomic E-state index is 13.1. The summed E-state index contributed by atoms with van der Waals surface area (Å²) in [5.41, 5.74) is 0.859. The monoisotopic (exact) mass is 322 g/mol. The van der Waals surface area contributed by atoms with Crippen LogP contribution in [0.1, 0.15) is 30.9 Å². The quantitative estimate of drug-likeness (QED) is 0.875. The summed E-state index contributed by atoms with van der Waals surface area (Å²) in [5.74, 6) is 0.0956. The van der Waals surface area contributed by atoms with E-state index in [2.05, 4.69) is 10.6 Å². The molecule has 2 aliphatic rings. The number of rotatable bonds is 5. The predicted molar refractivity (Wildman–Crippen MR) is 83.6 cm³/mol. The fourth-order valence-electron chi connectivity index (χ4n) is 3.10. The minimum atomic E-state index is -0.287. The van der Waals surface area contributed by atoms with Crippen molar-refractivity contribution < 1.29 is 18.7 Å². The number of amides is 2. The van der Waals surface area contributed by atoms with Crippen molar-refractivity contribution in [3.63, 3.8) is 0 Å². The SMILES string of the molecule is O=C(NC[C@@H]1CCOC1)N[C@H](c1ccc(F)cc1)[C@@H]1CCCO1. The highest BCUT2D eigenvalue weighted by Crippen LogP contribution is 2.27. The molecule has 23 heavy (non-hydrogen) atoms. The predicted octanol–water partition coefficient (Wildman–Crippen LogP) is 2.38. The Kier molecular flexibility index (Phi) is 5.46. The number of ether oxygens (including phenoxy) is 2. The van der Waals surface area contributed by atoms with Gasteiger partial charge in [0.25, 0.3) is 0 Å². The largest absolute Gasteiger partial charge is 0.381 e. The summed E-state index contributed by atoms with van der Waals surface area (Å²) in [6, 6.07) is 5.73. The van der Waals surface area contributed by atoms with E-state index in [1.54, 1.807) is 12.1 Å². The fourth-order valence-corrected chi connectivity index (χ4v) is 3.10. The van der Waals surface area contributed by atoms with E-state index in [0.29, 0.717) is 25.7 Å². The number of carbonyl (C=O) groups is 1. The molecule has 3 rings (SSSR count). The van der Waals surface area contributed by atoms with Crippen LogP contribution >= 0.6 is 0 Å². The van der Waals surface area contributed by atoms with Crippen molar-refractivity contribution in [2.45, 2.75) is 31.4 Å². The van der Waals surface area contributed by atoms with Crippen LogP contribution in [0.15, 0.2) is 24.3 Å². The van der Waals surface area contributed by atoms with Crippen molar-refractivity contribution in [3.05, 3.63) is 35.6 Å². The Morgan fingerprint density at radius 2 is 2.09 bits per heavy atom. The number of hydrogen-bond acceptors (Lipinski definition) is 3. The highest BCUT2D eigenvalue weighted by molar-refractivity contribution is 5.74. The third-order valence-electron chi connectivity index (χ3n) is 4.43. The molecule has 2 saturated heterocycles. The van der Waals surface area contributed by atoms with E-state index in [1.807, 2.05) is 0 Å². The summed E-state index contributed by atoms with van der Waals surface area (Å²) < 4.78 is 24.2. The van der Waals surface area contributed by atoms with Gasteiger partial charge in [-0.15, -0.1) is 0 Å². The van der Waals surface area contributed by atoms with E-state index in [0.717, 1.165) is 31.4 Å². The van der Waals surface area contributed by atoms with Crippen molar-refractivity contribution in [2.24, 2.45) is 5.92 Å². The number of halogens is 1. The molecule has 0 aromatic heterocycles. The topological polar surface area (TPSA) is 59.6 Å². The van der Waals surface area contributed by atoms with Gasteiger partial charge >= 0.3 is 6.03 Å². The van der Waals surface area contributed by atoms with Crippen LogP contribution in [-0.4, -0.2) is 38.5 Å². The number of nitrogens with one attached hydrogen (secondary N) is 2. The Labute approximate surface area is 135 Å². The molecular formula is C17H23FN2O3. The van der Waals surface area contributed by atoms with E-state index in [4.69, 9.17) is 9.47 Å². The van der Waals surface area contributed by atoms with Crippen molar-refractivity contribution in [2.75, 3.05) is 26.4 Å². The minimum absolute atomic E-state index is 0.0685. The Balaban J connectivity index is 1.60. The van der Waals surface area contributed by atoms with Gasteiger partial charge in [-0.3, -0.25) is 0 Å². The first-order valence-corrected chi connectivity index (χ1v) is 8.21. The molecule has 0 bridgehead atoms. The van der Waals surface area contributed by atoms with Gasteiger partial charge in [-0.25, -0.2) is 9.18 Å². The zero-order chi connectivity index (χ0) is 16.1. The normalized spacial score (nSPS) is 25.3. The molecule has 126 valence electrons. The second kappa shape index (κ2) is 7.75. The molecule has 1 aromatic rings. The molecule has 2 amide bonds. The van der Waals surface area contributed by atoms with Crippen LogP contribution in [0.25, 0.3) is 0 Å². The number of carbonyl (C=O) groups excluding carboxylic acids is 1. The van der Waals surface area contributed by atoms with Crippen molar-refractivity contribution in [1.82, 2.24) is 10.6 Å². The summed E-state index contributed by atoms with van der Waals surface area (Å²) in [6.07, 6.45) is 2.78.